The first-order valence-corrected chi connectivity index (χ1v) is 5.46. The Morgan fingerprint density at radius 1 is 1.21 bits per heavy atom. The summed E-state index contributed by atoms with van der Waals surface area (Å²) >= 11 is 0. The number of rotatable bonds is 4. The van der Waals surface area contributed by atoms with E-state index in [-0.39, 0.29) is 12.3 Å². The zero-order chi connectivity index (χ0) is 11.6. The molecule has 0 aliphatic heterocycles. The molecule has 0 aromatic heterocycles. The fraction of sp³-hybridized carbons (Fsp3) is 1.00. The molecule has 0 spiro atoms. The van der Waals surface area contributed by atoms with Gasteiger partial charge in [0, 0.05) is 0 Å². The normalized spacial score (nSPS) is 15.9. The molecule has 0 N–H and O–H groups in total. The summed E-state index contributed by atoms with van der Waals surface area (Å²) in [5, 5.41) is 0. The van der Waals surface area contributed by atoms with Crippen LogP contribution in [0.4, 0.5) is 13.2 Å². The molecule has 0 saturated heterocycles. The number of hydrogen-bond donors (Lipinski definition) is 0. The molecule has 7 heteroatoms. The van der Waals surface area contributed by atoms with E-state index >= 15 is 0 Å². The Hall–Kier alpha value is -0.300. The number of hydrogen-bond acceptors (Lipinski definition) is 3. The second kappa shape index (κ2) is 4.48. The van der Waals surface area contributed by atoms with Crippen LogP contribution in [0.2, 0.25) is 0 Å². The van der Waals surface area contributed by atoms with Crippen molar-refractivity contribution < 1.29 is 25.8 Å². The van der Waals surface area contributed by atoms with Gasteiger partial charge in [-0.25, -0.2) is 0 Å². The maximum atomic E-state index is 11.8. The largest absolute Gasteiger partial charge is 0.523 e. The molecule has 0 aromatic carbocycles. The second-order valence-corrected chi connectivity index (χ2v) is 5.00. The van der Waals surface area contributed by atoms with Crippen molar-refractivity contribution in [3.8, 4) is 0 Å². The third-order valence-electron chi connectivity index (χ3n) is 1.38. The molecule has 0 fully saturated rings. The molecular weight excluding hydrogens is 221 g/mol. The van der Waals surface area contributed by atoms with E-state index < -0.39 is 21.7 Å². The summed E-state index contributed by atoms with van der Waals surface area (Å²) in [5.41, 5.74) is -5.34. The van der Waals surface area contributed by atoms with E-state index in [0.29, 0.717) is 0 Å². The van der Waals surface area contributed by atoms with Gasteiger partial charge in [0.15, 0.2) is 0 Å². The minimum atomic E-state index is -5.44. The Bertz CT molecular complexity index is 268. The predicted octanol–water partition coefficient (Wildman–Crippen LogP) is 2.29. The van der Waals surface area contributed by atoms with Gasteiger partial charge < -0.3 is 0 Å². The first-order valence-electron chi connectivity index (χ1n) is 4.06. The third kappa shape index (κ3) is 4.28. The smallest absolute Gasteiger partial charge is 0.260 e. The van der Waals surface area contributed by atoms with Crippen molar-refractivity contribution in [1.29, 1.82) is 0 Å². The van der Waals surface area contributed by atoms with E-state index in [1.165, 1.54) is 6.92 Å². The Labute approximate surface area is 81.4 Å². The van der Waals surface area contributed by atoms with Crippen LogP contribution in [0.3, 0.4) is 0 Å². The Kier molecular flexibility index (Phi) is 4.38. The van der Waals surface area contributed by atoms with Crippen molar-refractivity contribution in [2.45, 2.75) is 38.8 Å². The quantitative estimate of drug-likeness (QED) is 0.553. The average Bonchev–Trinajstić information content (AvgIpc) is 1.79. The highest BCUT2D eigenvalue weighted by atomic mass is 32.2. The molecular formula is C7H13F3O3S. The van der Waals surface area contributed by atoms with Crippen LogP contribution < -0.4 is 0 Å². The molecule has 1 atom stereocenters. The topological polar surface area (TPSA) is 43.4 Å². The fourth-order valence-electron chi connectivity index (χ4n) is 0.974. The molecule has 0 heterocycles. The fourth-order valence-corrected chi connectivity index (χ4v) is 1.59. The summed E-state index contributed by atoms with van der Waals surface area (Å²) in [7, 11) is -5.44. The van der Waals surface area contributed by atoms with Gasteiger partial charge in [-0.2, -0.15) is 21.6 Å². The van der Waals surface area contributed by atoms with Gasteiger partial charge in [-0.05, 0) is 19.3 Å². The second-order valence-electron chi connectivity index (χ2n) is 3.44. The predicted molar refractivity (Wildman–Crippen MR) is 45.0 cm³/mol. The van der Waals surface area contributed by atoms with E-state index in [4.69, 9.17) is 0 Å². The van der Waals surface area contributed by atoms with Gasteiger partial charge in [0.25, 0.3) is 0 Å². The van der Waals surface area contributed by atoms with E-state index in [9.17, 15) is 21.6 Å². The lowest BCUT2D eigenvalue weighted by Gasteiger charge is -2.15. The molecule has 1 unspecified atom stereocenters. The summed E-state index contributed by atoms with van der Waals surface area (Å²) in [6.45, 7) is 4.82. The molecule has 14 heavy (non-hydrogen) atoms. The standard InChI is InChI=1S/C7H13F3O3S/c1-5(2)4-6(3)13-14(11,12)7(8,9)10/h5-6H,4H2,1-3H3. The van der Waals surface area contributed by atoms with Crippen molar-refractivity contribution in [2.75, 3.05) is 0 Å². The Balaban J connectivity index is 4.39. The van der Waals surface area contributed by atoms with Crippen LogP contribution in [0.5, 0.6) is 0 Å². The van der Waals surface area contributed by atoms with Gasteiger partial charge in [0.1, 0.15) is 0 Å². The van der Waals surface area contributed by atoms with Crippen molar-refractivity contribution in [1.82, 2.24) is 0 Å². The Morgan fingerprint density at radius 2 is 1.64 bits per heavy atom. The summed E-state index contributed by atoms with van der Waals surface area (Å²) < 4.78 is 60.4. The molecule has 0 aliphatic carbocycles. The lowest BCUT2D eigenvalue weighted by atomic mass is 10.1. The van der Waals surface area contributed by atoms with Crippen molar-refractivity contribution in [2.24, 2.45) is 5.92 Å². The van der Waals surface area contributed by atoms with Gasteiger partial charge in [-0.1, -0.05) is 13.8 Å². The highest BCUT2D eigenvalue weighted by Crippen LogP contribution is 2.26. The molecule has 0 rings (SSSR count). The first-order chi connectivity index (χ1) is 6.06. The van der Waals surface area contributed by atoms with E-state index in [1.54, 1.807) is 13.8 Å². The molecule has 0 amide bonds. The van der Waals surface area contributed by atoms with Gasteiger partial charge in [0.05, 0.1) is 6.10 Å². The van der Waals surface area contributed by atoms with Crippen LogP contribution in [-0.2, 0) is 14.3 Å². The summed E-state index contributed by atoms with van der Waals surface area (Å²) in [4.78, 5) is 0. The van der Waals surface area contributed by atoms with Gasteiger partial charge in [-0.3, -0.25) is 4.18 Å². The maximum Gasteiger partial charge on any atom is 0.523 e. The van der Waals surface area contributed by atoms with E-state index in [1.807, 2.05) is 0 Å². The van der Waals surface area contributed by atoms with Crippen LogP contribution in [-0.4, -0.2) is 20.0 Å². The SMILES string of the molecule is CC(C)CC(C)OS(=O)(=O)C(F)(F)F. The molecule has 0 bridgehead atoms. The lowest BCUT2D eigenvalue weighted by Crippen LogP contribution is -2.29. The van der Waals surface area contributed by atoms with Gasteiger partial charge >= 0.3 is 15.6 Å². The van der Waals surface area contributed by atoms with Crippen LogP contribution in [0.25, 0.3) is 0 Å². The lowest BCUT2D eigenvalue weighted by molar-refractivity contribution is -0.0573. The number of alkyl halides is 3. The minimum absolute atomic E-state index is 0.0773. The third-order valence-corrected chi connectivity index (χ3v) is 2.53. The van der Waals surface area contributed by atoms with Crippen LogP contribution in [0.15, 0.2) is 0 Å². The minimum Gasteiger partial charge on any atom is -0.260 e. The first kappa shape index (κ1) is 13.7. The molecule has 3 nitrogen and oxygen atoms in total. The summed E-state index contributed by atoms with van der Waals surface area (Å²) in [6.07, 6.45) is -0.698. The Morgan fingerprint density at radius 3 is 1.93 bits per heavy atom. The van der Waals surface area contributed by atoms with Crippen molar-refractivity contribution >= 4 is 10.1 Å². The molecule has 86 valence electrons. The van der Waals surface area contributed by atoms with Crippen molar-refractivity contribution in [3.05, 3.63) is 0 Å². The summed E-state index contributed by atoms with van der Waals surface area (Å²) in [6, 6.07) is 0. The summed E-state index contributed by atoms with van der Waals surface area (Å²) in [5.74, 6) is 0.0773. The highest BCUT2D eigenvalue weighted by molar-refractivity contribution is 7.87. The van der Waals surface area contributed by atoms with Gasteiger partial charge in [-0.15, -0.1) is 0 Å². The maximum absolute atomic E-state index is 11.8. The average molecular weight is 234 g/mol. The molecule has 0 aliphatic rings. The zero-order valence-corrected chi connectivity index (χ0v) is 8.95. The van der Waals surface area contributed by atoms with Crippen LogP contribution >= 0.6 is 0 Å². The van der Waals surface area contributed by atoms with E-state index in [0.717, 1.165) is 0 Å². The van der Waals surface area contributed by atoms with Crippen LogP contribution in [0.1, 0.15) is 27.2 Å². The zero-order valence-electron chi connectivity index (χ0n) is 8.13. The van der Waals surface area contributed by atoms with E-state index in [2.05, 4.69) is 4.18 Å². The highest BCUT2D eigenvalue weighted by Gasteiger charge is 2.48. The molecule has 0 saturated carbocycles. The molecule has 0 radical (unpaired) electrons. The van der Waals surface area contributed by atoms with Crippen LogP contribution in [0, 0.1) is 5.92 Å². The van der Waals surface area contributed by atoms with Gasteiger partial charge in [0.2, 0.25) is 0 Å². The van der Waals surface area contributed by atoms with Crippen molar-refractivity contribution in [3.63, 3.8) is 0 Å². The number of halogens is 3. The molecule has 0 aromatic rings. The monoisotopic (exact) mass is 234 g/mol.